The molecule has 0 bridgehead atoms. The van der Waals surface area contributed by atoms with Crippen LogP contribution >= 0.6 is 15.9 Å². The number of hydrazine groups is 1. The average Bonchev–Trinajstić information content (AvgIpc) is 3.50. The lowest BCUT2D eigenvalue weighted by molar-refractivity contribution is -0.130. The molecule has 248 valence electrons. The fraction of sp³-hybridized carbons (Fsp3) is 0.257. The number of amides is 1. The lowest BCUT2D eigenvalue weighted by Crippen LogP contribution is -2.53. The van der Waals surface area contributed by atoms with Gasteiger partial charge in [0.25, 0.3) is 5.91 Å². The molecule has 1 aliphatic heterocycles. The number of aliphatic hydroxyl groups is 1. The number of para-hydroxylation sites is 1. The Morgan fingerprint density at radius 1 is 1.02 bits per heavy atom. The van der Waals surface area contributed by atoms with Crippen molar-refractivity contribution in [3.8, 4) is 17.2 Å². The molecule has 12 nitrogen and oxygen atoms in total. The van der Waals surface area contributed by atoms with E-state index in [0.29, 0.717) is 52.7 Å². The third kappa shape index (κ3) is 7.72. The Kier molecular flexibility index (Phi) is 11.5. The van der Waals surface area contributed by atoms with Crippen LogP contribution in [0.15, 0.2) is 106 Å². The van der Waals surface area contributed by atoms with Gasteiger partial charge >= 0.3 is 0 Å². The molecule has 2 atom stereocenters. The standard InChI is InChI=1S/C35H35BrN6O6/c1-45-30-10-5-8-26(31(30)46-2)22-38-41-34(44)35(21-25-7-3-4-9-29(25)40-42-37)32(23-11-15-27(36)16-12-23)48-33(39-35)24-13-17-28(18-14-24)47-20-6-19-43/h3-5,7-18,32,38,43H,6,19-22H2,1-2H3,(H,41,44)/t32-,35-/m0/s1. The lowest BCUT2D eigenvalue weighted by atomic mass is 9.81. The third-order valence-corrected chi connectivity index (χ3v) is 8.30. The van der Waals surface area contributed by atoms with E-state index in [1.54, 1.807) is 62.8 Å². The summed E-state index contributed by atoms with van der Waals surface area (Å²) in [5.74, 6) is 1.52. The number of methoxy groups -OCH3 is 2. The Hall–Kier alpha value is -5.07. The Labute approximate surface area is 286 Å². The Balaban J connectivity index is 1.55. The van der Waals surface area contributed by atoms with Crippen molar-refractivity contribution < 1.29 is 28.8 Å². The first-order valence-corrected chi connectivity index (χ1v) is 15.9. The zero-order chi connectivity index (χ0) is 33.9. The van der Waals surface area contributed by atoms with Crippen molar-refractivity contribution in [2.45, 2.75) is 31.0 Å². The van der Waals surface area contributed by atoms with E-state index in [4.69, 9.17) is 29.0 Å². The fourth-order valence-electron chi connectivity index (χ4n) is 5.44. The van der Waals surface area contributed by atoms with Gasteiger partial charge in [0.05, 0.1) is 20.8 Å². The van der Waals surface area contributed by atoms with Crippen LogP contribution in [-0.2, 0) is 22.5 Å². The zero-order valence-electron chi connectivity index (χ0n) is 26.4. The van der Waals surface area contributed by atoms with Crippen molar-refractivity contribution in [1.29, 1.82) is 0 Å². The molecule has 0 unspecified atom stereocenters. The minimum absolute atomic E-state index is 0.0368. The number of azide groups is 1. The van der Waals surface area contributed by atoms with E-state index in [1.807, 2.05) is 42.5 Å². The topological polar surface area (TPSA) is 159 Å². The maximum absolute atomic E-state index is 14.6. The molecule has 48 heavy (non-hydrogen) atoms. The second kappa shape index (κ2) is 16.2. The van der Waals surface area contributed by atoms with Crippen molar-refractivity contribution in [2.75, 3.05) is 27.4 Å². The van der Waals surface area contributed by atoms with E-state index in [1.165, 1.54) is 0 Å². The van der Waals surface area contributed by atoms with Gasteiger partial charge in [-0.2, -0.15) is 0 Å². The minimum Gasteiger partial charge on any atom is -0.494 e. The van der Waals surface area contributed by atoms with Crippen molar-refractivity contribution >= 4 is 33.4 Å². The lowest BCUT2D eigenvalue weighted by Gasteiger charge is -2.31. The molecule has 0 aliphatic carbocycles. The monoisotopic (exact) mass is 714 g/mol. The summed E-state index contributed by atoms with van der Waals surface area (Å²) in [5, 5.41) is 13.0. The van der Waals surface area contributed by atoms with Gasteiger partial charge in [-0.05, 0) is 59.1 Å². The number of nitrogens with one attached hydrogen (secondary N) is 2. The van der Waals surface area contributed by atoms with Gasteiger partial charge in [-0.1, -0.05) is 69.6 Å². The van der Waals surface area contributed by atoms with E-state index in [-0.39, 0.29) is 25.5 Å². The number of halogens is 1. The van der Waals surface area contributed by atoms with Gasteiger partial charge in [0.1, 0.15) is 5.75 Å². The Morgan fingerprint density at radius 3 is 2.48 bits per heavy atom. The van der Waals surface area contributed by atoms with Crippen LogP contribution in [0, 0.1) is 0 Å². The fourth-order valence-corrected chi connectivity index (χ4v) is 5.70. The molecular weight excluding hydrogens is 680 g/mol. The molecule has 0 radical (unpaired) electrons. The SMILES string of the molecule is COc1cccc(CNNC(=O)[C@@]2(Cc3ccccc3N=[N+]=[N-])N=C(c3ccc(OCCCO)cc3)O[C@H]2c2ccc(Br)cc2)c1OC. The van der Waals surface area contributed by atoms with E-state index < -0.39 is 17.6 Å². The Bertz CT molecular complexity index is 1800. The van der Waals surface area contributed by atoms with Crippen molar-refractivity contribution in [1.82, 2.24) is 10.9 Å². The highest BCUT2D eigenvalue weighted by Crippen LogP contribution is 2.44. The van der Waals surface area contributed by atoms with E-state index in [9.17, 15) is 10.3 Å². The highest BCUT2D eigenvalue weighted by molar-refractivity contribution is 9.10. The first-order valence-electron chi connectivity index (χ1n) is 15.1. The average molecular weight is 716 g/mol. The predicted molar refractivity (Wildman–Crippen MR) is 184 cm³/mol. The molecule has 4 aromatic rings. The number of hydrogen-bond donors (Lipinski definition) is 3. The van der Waals surface area contributed by atoms with Crippen LogP contribution in [0.4, 0.5) is 5.69 Å². The van der Waals surface area contributed by atoms with Gasteiger partial charge < -0.3 is 24.1 Å². The maximum atomic E-state index is 14.6. The maximum Gasteiger partial charge on any atom is 0.266 e. The van der Waals surface area contributed by atoms with Crippen LogP contribution in [0.3, 0.4) is 0 Å². The van der Waals surface area contributed by atoms with Crippen molar-refractivity contribution in [3.05, 3.63) is 128 Å². The number of aliphatic imine (C=N–C) groups is 1. The molecule has 0 aromatic heterocycles. The van der Waals surface area contributed by atoms with Gasteiger partial charge in [-0.3, -0.25) is 10.2 Å². The van der Waals surface area contributed by atoms with Crippen molar-refractivity contribution in [2.24, 2.45) is 10.1 Å². The summed E-state index contributed by atoms with van der Waals surface area (Å²) < 4.78 is 24.1. The van der Waals surface area contributed by atoms with Gasteiger partial charge in [0.2, 0.25) is 5.90 Å². The predicted octanol–water partition coefficient (Wildman–Crippen LogP) is 6.49. The number of carbonyl (C=O) groups is 1. The van der Waals surface area contributed by atoms with Gasteiger partial charge in [0, 0.05) is 52.2 Å². The summed E-state index contributed by atoms with van der Waals surface area (Å²) >= 11 is 3.50. The number of aliphatic hydroxyl groups excluding tert-OH is 1. The number of carbonyl (C=O) groups excluding carboxylic acids is 1. The molecule has 5 rings (SSSR count). The van der Waals surface area contributed by atoms with Crippen LogP contribution in [-0.4, -0.2) is 49.9 Å². The number of nitrogens with zero attached hydrogens (tertiary/aromatic N) is 4. The second-order valence-corrected chi connectivity index (χ2v) is 11.7. The highest BCUT2D eigenvalue weighted by atomic mass is 79.9. The number of rotatable bonds is 15. The number of ether oxygens (including phenoxy) is 4. The molecule has 1 amide bonds. The molecule has 0 saturated heterocycles. The Morgan fingerprint density at radius 2 is 1.77 bits per heavy atom. The van der Waals surface area contributed by atoms with Crippen LogP contribution in [0.2, 0.25) is 0 Å². The molecule has 1 heterocycles. The smallest absolute Gasteiger partial charge is 0.266 e. The summed E-state index contributed by atoms with van der Waals surface area (Å²) in [5.41, 5.74) is 16.8. The second-order valence-electron chi connectivity index (χ2n) is 10.8. The quantitative estimate of drug-likeness (QED) is 0.0417. The first kappa shape index (κ1) is 34.3. The summed E-state index contributed by atoms with van der Waals surface area (Å²) in [7, 11) is 3.11. The van der Waals surface area contributed by atoms with Crippen LogP contribution in [0.5, 0.6) is 17.2 Å². The van der Waals surface area contributed by atoms with E-state index in [2.05, 4.69) is 36.8 Å². The third-order valence-electron chi connectivity index (χ3n) is 7.77. The normalized spacial score (nSPS) is 16.7. The summed E-state index contributed by atoms with van der Waals surface area (Å²) in [6.45, 7) is 0.631. The molecular formula is C35H35BrN6O6. The van der Waals surface area contributed by atoms with Crippen molar-refractivity contribution in [3.63, 3.8) is 0 Å². The van der Waals surface area contributed by atoms with E-state index in [0.717, 1.165) is 10.0 Å². The molecule has 3 N–H and O–H groups in total. The molecule has 1 aliphatic rings. The summed E-state index contributed by atoms with van der Waals surface area (Å²) in [4.78, 5) is 22.6. The molecule has 0 saturated carbocycles. The van der Waals surface area contributed by atoms with Gasteiger partial charge in [0.15, 0.2) is 23.1 Å². The minimum atomic E-state index is -1.55. The zero-order valence-corrected chi connectivity index (χ0v) is 28.0. The molecule has 4 aromatic carbocycles. The number of benzene rings is 4. The van der Waals surface area contributed by atoms with Crippen LogP contribution < -0.4 is 25.1 Å². The van der Waals surface area contributed by atoms with Crippen LogP contribution in [0.25, 0.3) is 10.4 Å². The largest absolute Gasteiger partial charge is 0.494 e. The highest BCUT2D eigenvalue weighted by Gasteiger charge is 2.53. The van der Waals surface area contributed by atoms with Gasteiger partial charge in [-0.15, -0.1) is 0 Å². The first-order chi connectivity index (χ1) is 23.4. The van der Waals surface area contributed by atoms with Crippen LogP contribution in [0.1, 0.15) is 34.8 Å². The molecule has 13 heteroatoms. The molecule has 0 spiro atoms. The molecule has 0 fully saturated rings. The van der Waals surface area contributed by atoms with E-state index >= 15 is 0 Å². The van der Waals surface area contributed by atoms with Gasteiger partial charge in [-0.25, -0.2) is 10.4 Å². The number of hydrogen-bond acceptors (Lipinski definition) is 9. The summed E-state index contributed by atoms with van der Waals surface area (Å²) in [6, 6.07) is 27.2. The summed E-state index contributed by atoms with van der Waals surface area (Å²) in [6.07, 6.45) is -0.307.